The van der Waals surface area contributed by atoms with Crippen LogP contribution in [0.4, 0.5) is 4.39 Å². The van der Waals surface area contributed by atoms with E-state index >= 15 is 0 Å². The first-order valence-electron chi connectivity index (χ1n) is 7.35. The van der Waals surface area contributed by atoms with Crippen molar-refractivity contribution >= 4 is 23.2 Å². The second-order valence-electron chi connectivity index (χ2n) is 5.24. The number of rotatable bonds is 5. The molecule has 3 rings (SSSR count). The number of hydrogen-bond donors (Lipinski definition) is 0. The Morgan fingerprint density at radius 2 is 1.96 bits per heavy atom. The summed E-state index contributed by atoms with van der Waals surface area (Å²) < 4.78 is 13.4. The predicted molar refractivity (Wildman–Crippen MR) is 96.6 cm³/mol. The van der Waals surface area contributed by atoms with E-state index in [4.69, 9.17) is 29.6 Å². The fraction of sp³-hybridized carbons (Fsp3) is 0.111. The van der Waals surface area contributed by atoms with Gasteiger partial charge in [-0.05, 0) is 35.4 Å². The van der Waals surface area contributed by atoms with E-state index in [9.17, 15) is 4.39 Å². The van der Waals surface area contributed by atoms with E-state index in [0.29, 0.717) is 10.0 Å². The maximum atomic E-state index is 13.4. The highest BCUT2D eigenvalue weighted by Gasteiger charge is 2.25. The average molecular weight is 375 g/mol. The summed E-state index contributed by atoms with van der Waals surface area (Å²) in [6.07, 6.45) is 8.50. The van der Waals surface area contributed by atoms with Gasteiger partial charge in [0.15, 0.2) is 0 Å². The molecule has 1 aromatic heterocycles. The molecule has 0 amide bonds. The highest BCUT2D eigenvalue weighted by molar-refractivity contribution is 6.35. The minimum absolute atomic E-state index is 0.240. The Kier molecular flexibility index (Phi) is 5.22. The fourth-order valence-electron chi connectivity index (χ4n) is 2.59. The third-order valence-electron chi connectivity index (χ3n) is 3.66. The smallest absolute Gasteiger partial charge is 0.139 e. The molecule has 0 saturated heterocycles. The van der Waals surface area contributed by atoms with Crippen molar-refractivity contribution in [2.75, 3.05) is 11.6 Å². The lowest BCUT2D eigenvalue weighted by atomic mass is 9.98. The van der Waals surface area contributed by atoms with Crippen LogP contribution in [0.25, 0.3) is 0 Å². The van der Waals surface area contributed by atoms with Gasteiger partial charge in [0, 0.05) is 10.0 Å². The molecule has 0 aliphatic rings. The van der Waals surface area contributed by atoms with Crippen LogP contribution >= 0.6 is 23.2 Å². The Hall–Kier alpha value is -2.55. The van der Waals surface area contributed by atoms with Gasteiger partial charge in [-0.2, -0.15) is 4.79 Å². The van der Waals surface area contributed by atoms with Crippen LogP contribution < -0.4 is 5.01 Å². The second kappa shape index (κ2) is 7.56. The zero-order chi connectivity index (χ0) is 17.8. The first-order valence-corrected chi connectivity index (χ1v) is 8.11. The largest absolute Gasteiger partial charge is 0.272 e. The van der Waals surface area contributed by atoms with Gasteiger partial charge in [0.1, 0.15) is 18.5 Å². The van der Waals surface area contributed by atoms with E-state index in [0.717, 1.165) is 11.1 Å². The van der Waals surface area contributed by atoms with Crippen molar-refractivity contribution in [3.05, 3.63) is 82.1 Å². The van der Waals surface area contributed by atoms with Crippen LogP contribution in [0.15, 0.2) is 55.1 Å². The quantitative estimate of drug-likeness (QED) is 0.630. The van der Waals surface area contributed by atoms with E-state index < -0.39 is 6.04 Å². The van der Waals surface area contributed by atoms with Gasteiger partial charge >= 0.3 is 0 Å². The van der Waals surface area contributed by atoms with Gasteiger partial charge in [0.25, 0.3) is 0 Å². The first kappa shape index (κ1) is 17.3. The molecule has 0 aliphatic heterocycles. The minimum Gasteiger partial charge on any atom is -0.272 e. The van der Waals surface area contributed by atoms with E-state index in [1.54, 1.807) is 34.1 Å². The fourth-order valence-corrected chi connectivity index (χ4v) is 3.10. The van der Waals surface area contributed by atoms with Crippen molar-refractivity contribution in [3.8, 4) is 12.3 Å². The number of halogens is 3. The number of nitrogens with zero attached hydrogens (tertiary/aromatic N) is 4. The molecule has 7 heteroatoms. The predicted octanol–water partition coefficient (Wildman–Crippen LogP) is 4.08. The molecule has 0 aliphatic carbocycles. The summed E-state index contributed by atoms with van der Waals surface area (Å²) in [6.45, 7) is 0.240. The van der Waals surface area contributed by atoms with Crippen molar-refractivity contribution < 1.29 is 4.39 Å². The van der Waals surface area contributed by atoms with Crippen LogP contribution in [0.2, 0.25) is 10.0 Å². The van der Waals surface area contributed by atoms with Crippen molar-refractivity contribution in [1.82, 2.24) is 14.9 Å². The number of hydrogen-bond acceptors (Lipinski definition) is 3. The van der Waals surface area contributed by atoms with Crippen LogP contribution in [-0.2, 0) is 0 Å². The maximum Gasteiger partial charge on any atom is 0.139 e. The van der Waals surface area contributed by atoms with E-state index in [1.807, 2.05) is 6.07 Å². The Morgan fingerprint density at radius 3 is 2.56 bits per heavy atom. The Bertz CT molecular complexity index is 888. The second-order valence-corrected chi connectivity index (χ2v) is 6.08. The molecule has 2 aromatic carbocycles. The molecule has 0 radical (unpaired) electrons. The van der Waals surface area contributed by atoms with Crippen molar-refractivity contribution in [2.45, 2.75) is 6.04 Å². The summed E-state index contributed by atoms with van der Waals surface area (Å²) in [5, 5.41) is 6.97. The molecule has 0 fully saturated rings. The van der Waals surface area contributed by atoms with E-state index in [2.05, 4.69) is 16.0 Å². The SMILES string of the molecule is C#CCN(C(c1ccc(F)cc1)c1ccc(Cl)cc1Cl)n1cncn1. The Balaban J connectivity index is 2.17. The zero-order valence-electron chi connectivity index (χ0n) is 13.0. The lowest BCUT2D eigenvalue weighted by Gasteiger charge is -2.32. The summed E-state index contributed by atoms with van der Waals surface area (Å²) in [5.74, 6) is 2.29. The Labute approximate surface area is 154 Å². The van der Waals surface area contributed by atoms with Crippen molar-refractivity contribution in [1.29, 1.82) is 0 Å². The highest BCUT2D eigenvalue weighted by atomic mass is 35.5. The maximum absolute atomic E-state index is 13.4. The van der Waals surface area contributed by atoms with Crippen LogP contribution in [0.3, 0.4) is 0 Å². The molecule has 25 heavy (non-hydrogen) atoms. The van der Waals surface area contributed by atoms with Crippen molar-refractivity contribution in [2.24, 2.45) is 0 Å². The molecule has 3 aromatic rings. The van der Waals surface area contributed by atoms with Crippen LogP contribution in [0, 0.1) is 18.2 Å². The minimum atomic E-state index is -0.400. The molecule has 0 N–H and O–H groups in total. The number of terminal acetylenes is 1. The first-order chi connectivity index (χ1) is 12.1. The van der Waals surface area contributed by atoms with Gasteiger partial charge in [0.2, 0.25) is 0 Å². The monoisotopic (exact) mass is 374 g/mol. The standard InChI is InChI=1S/C18H13Cl2FN4/c1-2-9-24(25-12-22-11-23-25)18(13-3-6-15(21)7-4-13)16-8-5-14(19)10-17(16)20/h1,3-8,10-12,18H,9H2. The molecule has 1 unspecified atom stereocenters. The van der Waals surface area contributed by atoms with Gasteiger partial charge in [-0.25, -0.2) is 9.37 Å². The van der Waals surface area contributed by atoms with E-state index in [-0.39, 0.29) is 12.4 Å². The summed E-state index contributed by atoms with van der Waals surface area (Å²) >= 11 is 12.5. The van der Waals surface area contributed by atoms with Crippen LogP contribution in [0.1, 0.15) is 17.2 Å². The molecule has 0 spiro atoms. The third kappa shape index (κ3) is 3.76. The summed E-state index contributed by atoms with van der Waals surface area (Å²) in [6, 6.07) is 11.0. The molecule has 0 bridgehead atoms. The topological polar surface area (TPSA) is 34.0 Å². The molecule has 1 heterocycles. The molecule has 0 saturated carbocycles. The number of aromatic nitrogens is 3. The van der Waals surface area contributed by atoms with Gasteiger partial charge < -0.3 is 0 Å². The van der Waals surface area contributed by atoms with Gasteiger partial charge in [-0.15, -0.1) is 11.5 Å². The molecule has 4 nitrogen and oxygen atoms in total. The lowest BCUT2D eigenvalue weighted by Crippen LogP contribution is -2.40. The zero-order valence-corrected chi connectivity index (χ0v) is 14.5. The van der Waals surface area contributed by atoms with Gasteiger partial charge in [-0.1, -0.05) is 47.3 Å². The summed E-state index contributed by atoms with van der Waals surface area (Å²) in [4.78, 5) is 5.51. The molecular weight excluding hydrogens is 362 g/mol. The Morgan fingerprint density at radius 1 is 1.20 bits per heavy atom. The average Bonchev–Trinajstić information content (AvgIpc) is 3.12. The summed E-state index contributed by atoms with van der Waals surface area (Å²) in [5.41, 5.74) is 1.57. The highest BCUT2D eigenvalue weighted by Crippen LogP contribution is 2.34. The van der Waals surface area contributed by atoms with Crippen LogP contribution in [0.5, 0.6) is 0 Å². The third-order valence-corrected chi connectivity index (χ3v) is 4.23. The van der Waals surface area contributed by atoms with Gasteiger partial charge in [0.05, 0.1) is 12.6 Å². The normalized spacial score (nSPS) is 11.8. The van der Waals surface area contributed by atoms with Crippen LogP contribution in [-0.4, -0.2) is 21.4 Å². The van der Waals surface area contributed by atoms with E-state index in [1.165, 1.54) is 24.8 Å². The number of benzene rings is 2. The molecule has 1 atom stereocenters. The molecular formula is C18H13Cl2FN4. The van der Waals surface area contributed by atoms with Crippen molar-refractivity contribution in [3.63, 3.8) is 0 Å². The van der Waals surface area contributed by atoms with Gasteiger partial charge in [-0.3, -0.25) is 5.01 Å². The summed E-state index contributed by atoms with van der Waals surface area (Å²) in [7, 11) is 0. The lowest BCUT2D eigenvalue weighted by molar-refractivity contribution is 0.509. The molecule has 126 valence electrons.